The molecule has 1 rings (SSSR count). The Morgan fingerprint density at radius 2 is 2.22 bits per heavy atom. The second-order valence-corrected chi connectivity index (χ2v) is 4.21. The van der Waals surface area contributed by atoms with E-state index >= 15 is 0 Å². The summed E-state index contributed by atoms with van der Waals surface area (Å²) < 4.78 is 1.59. The van der Waals surface area contributed by atoms with Crippen LogP contribution in [0.1, 0.15) is 32.4 Å². The van der Waals surface area contributed by atoms with Gasteiger partial charge in [0.25, 0.3) is 0 Å². The Bertz CT molecular complexity index is 417. The highest BCUT2D eigenvalue weighted by molar-refractivity contribution is 5.59. The van der Waals surface area contributed by atoms with Crippen molar-refractivity contribution in [2.75, 3.05) is 11.9 Å². The number of aromatic nitrogens is 2. The number of aliphatic hydroxyl groups excluding tert-OH is 1. The van der Waals surface area contributed by atoms with Crippen molar-refractivity contribution in [2.24, 2.45) is 0 Å². The Labute approximate surface area is 106 Å². The highest BCUT2D eigenvalue weighted by atomic mass is 16.6. The molecule has 0 aromatic carbocycles. The van der Waals surface area contributed by atoms with Crippen molar-refractivity contribution in [1.82, 2.24) is 9.78 Å². The third-order valence-electron chi connectivity index (χ3n) is 2.69. The van der Waals surface area contributed by atoms with Crippen LogP contribution >= 0.6 is 0 Å². The third-order valence-corrected chi connectivity index (χ3v) is 2.69. The van der Waals surface area contributed by atoms with E-state index in [0.29, 0.717) is 24.5 Å². The second kappa shape index (κ2) is 6.34. The number of aryl methyl sites for hydroxylation is 2. The first-order chi connectivity index (χ1) is 8.51. The molecule has 0 spiro atoms. The van der Waals surface area contributed by atoms with Gasteiger partial charge in [0.15, 0.2) is 0 Å². The van der Waals surface area contributed by atoms with E-state index in [4.69, 9.17) is 0 Å². The van der Waals surface area contributed by atoms with Gasteiger partial charge in [-0.2, -0.15) is 5.10 Å². The largest absolute Gasteiger partial charge is 0.391 e. The maximum atomic E-state index is 11.0. The molecule has 0 radical (unpaired) electrons. The lowest BCUT2D eigenvalue weighted by molar-refractivity contribution is -0.384. The van der Waals surface area contributed by atoms with Crippen molar-refractivity contribution in [3.63, 3.8) is 0 Å². The predicted molar refractivity (Wildman–Crippen MR) is 68.7 cm³/mol. The van der Waals surface area contributed by atoms with Crippen molar-refractivity contribution >= 4 is 11.5 Å². The maximum Gasteiger partial charge on any atom is 0.333 e. The number of aliphatic hydroxyl groups is 1. The molecule has 2 N–H and O–H groups in total. The molecule has 102 valence electrons. The van der Waals surface area contributed by atoms with Gasteiger partial charge in [-0.25, -0.2) is 4.68 Å². The zero-order valence-electron chi connectivity index (χ0n) is 11.0. The van der Waals surface area contributed by atoms with Crippen LogP contribution in [0.5, 0.6) is 0 Å². The molecule has 1 atom stereocenters. The number of rotatable bonds is 7. The molecule has 0 aliphatic carbocycles. The van der Waals surface area contributed by atoms with Gasteiger partial charge in [0.2, 0.25) is 5.82 Å². The van der Waals surface area contributed by atoms with Gasteiger partial charge in [-0.3, -0.25) is 10.1 Å². The highest BCUT2D eigenvalue weighted by Gasteiger charge is 2.25. The highest BCUT2D eigenvalue weighted by Crippen LogP contribution is 2.28. The molecule has 0 saturated heterocycles. The van der Waals surface area contributed by atoms with E-state index in [0.717, 1.165) is 6.42 Å². The molecule has 7 heteroatoms. The van der Waals surface area contributed by atoms with Gasteiger partial charge in [-0.05, 0) is 19.8 Å². The molecule has 0 amide bonds. The summed E-state index contributed by atoms with van der Waals surface area (Å²) in [6.45, 7) is 6.35. The van der Waals surface area contributed by atoms with Gasteiger partial charge < -0.3 is 10.4 Å². The molecule has 18 heavy (non-hydrogen) atoms. The average Bonchev–Trinajstić information content (AvgIpc) is 2.62. The fraction of sp³-hybridized carbons (Fsp3) is 0.727. The molecule has 0 saturated carbocycles. The Morgan fingerprint density at radius 3 is 2.72 bits per heavy atom. The van der Waals surface area contributed by atoms with E-state index in [9.17, 15) is 15.2 Å². The van der Waals surface area contributed by atoms with Crippen molar-refractivity contribution in [2.45, 2.75) is 46.3 Å². The summed E-state index contributed by atoms with van der Waals surface area (Å²) >= 11 is 0. The van der Waals surface area contributed by atoms with Crippen LogP contribution in [0.4, 0.5) is 11.5 Å². The SMILES string of the molecule is CCCn1nc(C)c([N+](=O)[O-])c1NCC(O)CC. The number of nitrogens with one attached hydrogen (secondary N) is 1. The topological polar surface area (TPSA) is 93.2 Å². The van der Waals surface area contributed by atoms with Gasteiger partial charge in [0.05, 0.1) is 11.0 Å². The molecule has 0 fully saturated rings. The van der Waals surface area contributed by atoms with Gasteiger partial charge in [0.1, 0.15) is 5.69 Å². The van der Waals surface area contributed by atoms with Crippen LogP contribution < -0.4 is 5.32 Å². The third kappa shape index (κ3) is 3.19. The second-order valence-electron chi connectivity index (χ2n) is 4.21. The van der Waals surface area contributed by atoms with E-state index in [-0.39, 0.29) is 12.2 Å². The van der Waals surface area contributed by atoms with Crippen LogP contribution in [0, 0.1) is 17.0 Å². The molecule has 1 aromatic rings. The number of nitro groups is 1. The molecule has 7 nitrogen and oxygen atoms in total. The number of nitrogens with zero attached hydrogens (tertiary/aromatic N) is 3. The van der Waals surface area contributed by atoms with Gasteiger partial charge in [-0.15, -0.1) is 0 Å². The lowest BCUT2D eigenvalue weighted by Gasteiger charge is -2.11. The van der Waals surface area contributed by atoms with Crippen LogP contribution in [-0.4, -0.2) is 32.5 Å². The predicted octanol–water partition coefficient (Wildman–Crippen LogP) is 1.69. The quantitative estimate of drug-likeness (QED) is 0.572. The lowest BCUT2D eigenvalue weighted by Crippen LogP contribution is -2.20. The van der Waals surface area contributed by atoms with Crippen LogP contribution in [0.15, 0.2) is 0 Å². The first kappa shape index (κ1) is 14.4. The number of hydrogen-bond donors (Lipinski definition) is 2. The molecule has 0 aliphatic rings. The molecular formula is C11H20N4O3. The van der Waals surface area contributed by atoms with Crippen molar-refractivity contribution in [3.05, 3.63) is 15.8 Å². The monoisotopic (exact) mass is 256 g/mol. The Morgan fingerprint density at radius 1 is 1.56 bits per heavy atom. The maximum absolute atomic E-state index is 11.0. The summed E-state index contributed by atoms with van der Waals surface area (Å²) in [7, 11) is 0. The van der Waals surface area contributed by atoms with Crippen molar-refractivity contribution < 1.29 is 10.0 Å². The zero-order chi connectivity index (χ0) is 13.7. The molecule has 1 aromatic heterocycles. The molecular weight excluding hydrogens is 236 g/mol. The van der Waals surface area contributed by atoms with E-state index in [2.05, 4.69) is 10.4 Å². The summed E-state index contributed by atoms with van der Waals surface area (Å²) in [5, 5.41) is 27.6. The van der Waals surface area contributed by atoms with Crippen molar-refractivity contribution in [1.29, 1.82) is 0 Å². The zero-order valence-corrected chi connectivity index (χ0v) is 11.0. The van der Waals surface area contributed by atoms with E-state index in [1.807, 2.05) is 13.8 Å². The summed E-state index contributed by atoms with van der Waals surface area (Å²) in [6.07, 6.45) is 0.917. The molecule has 1 heterocycles. The minimum absolute atomic E-state index is 0.00764. The Hall–Kier alpha value is -1.63. The Balaban J connectivity index is 3.00. The summed E-state index contributed by atoms with van der Waals surface area (Å²) in [4.78, 5) is 10.6. The van der Waals surface area contributed by atoms with Crippen LogP contribution in [0.2, 0.25) is 0 Å². The minimum Gasteiger partial charge on any atom is -0.391 e. The minimum atomic E-state index is -0.519. The fourth-order valence-corrected chi connectivity index (χ4v) is 1.70. The van der Waals surface area contributed by atoms with Crippen molar-refractivity contribution in [3.8, 4) is 0 Å². The van der Waals surface area contributed by atoms with Gasteiger partial charge in [0, 0.05) is 13.1 Å². The van der Waals surface area contributed by atoms with E-state index < -0.39 is 11.0 Å². The summed E-state index contributed by atoms with van der Waals surface area (Å²) in [6, 6.07) is 0. The molecule has 1 unspecified atom stereocenters. The van der Waals surface area contributed by atoms with Crippen LogP contribution in [0.25, 0.3) is 0 Å². The first-order valence-corrected chi connectivity index (χ1v) is 6.14. The molecule has 0 bridgehead atoms. The Kier molecular flexibility index (Phi) is 5.08. The smallest absolute Gasteiger partial charge is 0.333 e. The normalized spacial score (nSPS) is 12.4. The lowest BCUT2D eigenvalue weighted by atomic mass is 10.3. The summed E-state index contributed by atoms with van der Waals surface area (Å²) in [5.74, 6) is 0.381. The summed E-state index contributed by atoms with van der Waals surface area (Å²) in [5.41, 5.74) is 0.383. The average molecular weight is 256 g/mol. The van der Waals surface area contributed by atoms with E-state index in [1.54, 1.807) is 11.6 Å². The van der Waals surface area contributed by atoms with Gasteiger partial charge >= 0.3 is 5.69 Å². The van der Waals surface area contributed by atoms with Gasteiger partial charge in [-0.1, -0.05) is 13.8 Å². The fourth-order valence-electron chi connectivity index (χ4n) is 1.70. The van der Waals surface area contributed by atoms with Crippen LogP contribution in [-0.2, 0) is 6.54 Å². The number of hydrogen-bond acceptors (Lipinski definition) is 5. The van der Waals surface area contributed by atoms with Crippen LogP contribution in [0.3, 0.4) is 0 Å². The first-order valence-electron chi connectivity index (χ1n) is 6.14. The molecule has 0 aliphatic heterocycles. The number of anilines is 1. The van der Waals surface area contributed by atoms with E-state index in [1.165, 1.54) is 0 Å². The standard InChI is InChI=1S/C11H20N4O3/c1-4-6-14-11(12-7-9(16)5-2)10(15(17)18)8(3)13-14/h9,12,16H,4-7H2,1-3H3.